The summed E-state index contributed by atoms with van der Waals surface area (Å²) in [5.74, 6) is 1.39. The Morgan fingerprint density at radius 2 is 2.09 bits per heavy atom. The molecule has 166 valence electrons. The fourth-order valence-corrected chi connectivity index (χ4v) is 4.96. The summed E-state index contributed by atoms with van der Waals surface area (Å²) in [4.78, 5) is 18.8. The first kappa shape index (κ1) is 20.6. The Balaban J connectivity index is 1.43. The zero-order valence-corrected chi connectivity index (χ0v) is 17.8. The second kappa shape index (κ2) is 8.02. The quantitative estimate of drug-likeness (QED) is 0.635. The molecule has 1 spiro atoms. The van der Waals surface area contributed by atoms with Crippen molar-refractivity contribution < 1.29 is 23.6 Å². The van der Waals surface area contributed by atoms with Crippen LogP contribution in [0.25, 0.3) is 22.8 Å². The molecule has 1 N–H and O–H groups in total. The number of halogens is 1. The van der Waals surface area contributed by atoms with E-state index in [1.807, 2.05) is 12.1 Å². The van der Waals surface area contributed by atoms with Gasteiger partial charge in [-0.15, -0.1) is 0 Å². The molecule has 1 aliphatic heterocycles. The number of likely N-dealkylation sites (tertiary alicyclic amines) is 1. The van der Waals surface area contributed by atoms with Crippen molar-refractivity contribution in [3.8, 4) is 28.6 Å². The van der Waals surface area contributed by atoms with E-state index in [4.69, 9.17) is 9.26 Å². The molecule has 8 heteroatoms. The molecule has 3 aromatic rings. The van der Waals surface area contributed by atoms with Crippen molar-refractivity contribution >= 4 is 5.91 Å². The number of hydrogen-bond acceptors (Lipinski definition) is 6. The first-order valence-corrected chi connectivity index (χ1v) is 10.8. The fraction of sp³-hybridized carbons (Fsp3) is 0.375. The number of nitrogens with zero attached hydrogens (tertiary/aromatic N) is 3. The molecule has 0 saturated carbocycles. The zero-order valence-electron chi connectivity index (χ0n) is 17.8. The molecule has 1 aliphatic carbocycles. The third-order valence-corrected chi connectivity index (χ3v) is 6.37. The van der Waals surface area contributed by atoms with E-state index in [0.29, 0.717) is 42.5 Å². The maximum absolute atomic E-state index is 13.0. The van der Waals surface area contributed by atoms with Crippen LogP contribution in [0.15, 0.2) is 47.0 Å². The number of hydrogen-bond donors (Lipinski definition) is 1. The van der Waals surface area contributed by atoms with E-state index in [1.165, 1.54) is 6.92 Å². The van der Waals surface area contributed by atoms with Crippen LogP contribution in [0.1, 0.15) is 30.9 Å². The second-order valence-corrected chi connectivity index (χ2v) is 8.44. The maximum Gasteiger partial charge on any atom is 0.258 e. The van der Waals surface area contributed by atoms with Gasteiger partial charge in [0, 0.05) is 43.0 Å². The van der Waals surface area contributed by atoms with Crippen molar-refractivity contribution in [2.24, 2.45) is 0 Å². The highest BCUT2D eigenvalue weighted by Gasteiger charge is 2.48. The van der Waals surface area contributed by atoms with Crippen LogP contribution in [0, 0.1) is 0 Å². The summed E-state index contributed by atoms with van der Waals surface area (Å²) in [5, 5.41) is 13.5. The zero-order chi connectivity index (χ0) is 22.3. The highest BCUT2D eigenvalue weighted by Crippen LogP contribution is 2.48. The Kier molecular flexibility index (Phi) is 5.17. The lowest BCUT2D eigenvalue weighted by Crippen LogP contribution is -2.32. The van der Waals surface area contributed by atoms with Gasteiger partial charge in [0.05, 0.1) is 6.61 Å². The highest BCUT2D eigenvalue weighted by atomic mass is 19.1. The largest absolute Gasteiger partial charge is 0.461 e. The number of benzene rings is 2. The van der Waals surface area contributed by atoms with E-state index < -0.39 is 6.36 Å². The molecule has 2 aromatic carbocycles. The Morgan fingerprint density at radius 3 is 2.84 bits per heavy atom. The van der Waals surface area contributed by atoms with Crippen molar-refractivity contribution in [2.45, 2.75) is 38.0 Å². The second-order valence-electron chi connectivity index (χ2n) is 8.44. The van der Waals surface area contributed by atoms with Gasteiger partial charge in [-0.3, -0.25) is 4.79 Å². The molecule has 1 unspecified atom stereocenters. The Morgan fingerprint density at radius 1 is 1.28 bits per heavy atom. The average molecular weight is 437 g/mol. The minimum Gasteiger partial charge on any atom is -0.461 e. The number of ether oxygens (including phenoxy) is 1. The van der Waals surface area contributed by atoms with Gasteiger partial charge < -0.3 is 19.3 Å². The molecular weight excluding hydrogens is 413 g/mol. The first-order valence-electron chi connectivity index (χ1n) is 10.8. The van der Waals surface area contributed by atoms with Gasteiger partial charge in [-0.25, -0.2) is 4.39 Å². The average Bonchev–Trinajstić information content (AvgIpc) is 3.47. The summed E-state index contributed by atoms with van der Waals surface area (Å²) in [6.45, 7) is 2.30. The molecule has 0 bridgehead atoms. The summed E-state index contributed by atoms with van der Waals surface area (Å²) in [6, 6.07) is 12.9. The van der Waals surface area contributed by atoms with Crippen LogP contribution in [-0.2, 0) is 16.6 Å². The monoisotopic (exact) mass is 437 g/mol. The number of β-amino-alcohol motifs (C(OH)–C–C–N with tert-alkyl or cyclic N) is 1. The molecule has 5 rings (SSSR count). The predicted octanol–water partition coefficient (Wildman–Crippen LogP) is 3.51. The van der Waals surface area contributed by atoms with E-state index in [-0.39, 0.29) is 17.9 Å². The van der Waals surface area contributed by atoms with E-state index in [2.05, 4.69) is 16.2 Å². The summed E-state index contributed by atoms with van der Waals surface area (Å²) >= 11 is 0. The molecule has 7 nitrogen and oxygen atoms in total. The van der Waals surface area contributed by atoms with Crippen molar-refractivity contribution in [3.63, 3.8) is 0 Å². The van der Waals surface area contributed by atoms with Crippen molar-refractivity contribution in [1.82, 2.24) is 15.0 Å². The number of alkyl halides is 1. The minimum absolute atomic E-state index is 0.0275. The Hall–Kier alpha value is -3.26. The van der Waals surface area contributed by atoms with Gasteiger partial charge in [-0.05, 0) is 48.2 Å². The smallest absolute Gasteiger partial charge is 0.258 e. The lowest BCUT2D eigenvalue weighted by molar-refractivity contribution is -0.128. The van der Waals surface area contributed by atoms with E-state index in [9.17, 15) is 14.3 Å². The molecule has 2 heterocycles. The van der Waals surface area contributed by atoms with Gasteiger partial charge in [0.1, 0.15) is 5.75 Å². The van der Waals surface area contributed by atoms with Gasteiger partial charge in [-0.2, -0.15) is 4.98 Å². The summed E-state index contributed by atoms with van der Waals surface area (Å²) in [6.07, 6.45) is 0.799. The number of aliphatic hydroxyl groups is 1. The van der Waals surface area contributed by atoms with Gasteiger partial charge in [0.15, 0.2) is 0 Å². The van der Waals surface area contributed by atoms with Crippen LogP contribution < -0.4 is 4.74 Å². The van der Waals surface area contributed by atoms with Gasteiger partial charge in [0.2, 0.25) is 18.1 Å². The molecular formula is C24H24FN3O4. The van der Waals surface area contributed by atoms with E-state index >= 15 is 0 Å². The maximum atomic E-state index is 13.0. The van der Waals surface area contributed by atoms with Crippen LogP contribution in [0.4, 0.5) is 4.39 Å². The first-order chi connectivity index (χ1) is 15.5. The number of carbonyl (C=O) groups excluding carboxylic acids is 1. The van der Waals surface area contributed by atoms with E-state index in [1.54, 1.807) is 29.2 Å². The summed E-state index contributed by atoms with van der Waals surface area (Å²) in [5.41, 5.74) is 3.73. The number of carbonyl (C=O) groups is 1. The normalized spacial score (nSPS) is 20.7. The van der Waals surface area contributed by atoms with E-state index in [0.717, 1.165) is 29.5 Å². The number of aliphatic hydroxyl groups excluding tert-OH is 1. The van der Waals surface area contributed by atoms with Crippen molar-refractivity contribution in [3.05, 3.63) is 53.6 Å². The minimum atomic E-state index is -1.38. The lowest BCUT2D eigenvalue weighted by atomic mass is 9.80. The third-order valence-electron chi connectivity index (χ3n) is 6.37. The van der Waals surface area contributed by atoms with Gasteiger partial charge in [-0.1, -0.05) is 23.4 Å². The van der Waals surface area contributed by atoms with Crippen molar-refractivity contribution in [2.75, 3.05) is 19.7 Å². The van der Waals surface area contributed by atoms with Gasteiger partial charge >= 0.3 is 0 Å². The third kappa shape index (κ3) is 3.54. The number of amides is 1. The molecule has 1 aromatic heterocycles. The van der Waals surface area contributed by atoms with Crippen LogP contribution in [0.5, 0.6) is 5.75 Å². The Labute approximate surface area is 184 Å². The molecule has 1 fully saturated rings. The lowest BCUT2D eigenvalue weighted by Gasteiger charge is -2.24. The molecule has 1 amide bonds. The molecule has 32 heavy (non-hydrogen) atoms. The van der Waals surface area contributed by atoms with Crippen LogP contribution in [-0.4, -0.2) is 52.1 Å². The Bertz CT molecular complexity index is 1140. The number of rotatable bonds is 6. The number of aromatic nitrogens is 2. The molecule has 2 atom stereocenters. The summed E-state index contributed by atoms with van der Waals surface area (Å²) in [7, 11) is 0. The molecule has 2 aliphatic rings. The van der Waals surface area contributed by atoms with Crippen LogP contribution in [0.3, 0.4) is 0 Å². The standard InChI is InChI=1S/C24H24FN3O4/c1-15(25)31-17-7-5-16(6-8-17)23-26-22(27-32-23)19-3-2-4-20-18(19)9-10-24(20)13-21(30)28(14-24)11-12-29/h2-8,15,29H,9-14H2,1H3/t15?,24-/m0/s1. The summed E-state index contributed by atoms with van der Waals surface area (Å²) < 4.78 is 23.5. The molecule has 1 saturated heterocycles. The predicted molar refractivity (Wildman–Crippen MR) is 115 cm³/mol. The highest BCUT2D eigenvalue weighted by molar-refractivity contribution is 5.82. The van der Waals surface area contributed by atoms with Crippen LogP contribution in [0.2, 0.25) is 0 Å². The SMILES string of the molecule is CC(F)Oc1ccc(-c2nc(-c3cccc4c3CC[C@@]43CC(=O)N(CCO)C3)no2)cc1. The van der Waals surface area contributed by atoms with Crippen molar-refractivity contribution in [1.29, 1.82) is 0 Å². The molecule has 0 radical (unpaired) electrons. The fourth-order valence-electron chi connectivity index (χ4n) is 4.96. The number of fused-ring (bicyclic) bond motifs is 2. The van der Waals surface area contributed by atoms with Crippen LogP contribution >= 0.6 is 0 Å². The topological polar surface area (TPSA) is 88.7 Å². The van der Waals surface area contributed by atoms with Gasteiger partial charge in [0.25, 0.3) is 5.89 Å².